The SMILES string of the molecule is COc1cccc(Cl)c1CC(=O)OC1CCOCC1. The van der Waals surface area contributed by atoms with Crippen molar-refractivity contribution in [1.82, 2.24) is 0 Å². The van der Waals surface area contributed by atoms with Gasteiger partial charge in [-0.3, -0.25) is 4.79 Å². The molecule has 0 spiro atoms. The lowest BCUT2D eigenvalue weighted by atomic mass is 10.1. The number of benzene rings is 1. The summed E-state index contributed by atoms with van der Waals surface area (Å²) in [6, 6.07) is 5.30. The fourth-order valence-electron chi connectivity index (χ4n) is 2.07. The van der Waals surface area contributed by atoms with Gasteiger partial charge in [-0.05, 0) is 12.1 Å². The molecule has 1 saturated heterocycles. The number of carbonyl (C=O) groups excluding carboxylic acids is 1. The zero-order valence-corrected chi connectivity index (χ0v) is 11.6. The van der Waals surface area contributed by atoms with Crippen LogP contribution in [0.25, 0.3) is 0 Å². The average molecular weight is 285 g/mol. The maximum atomic E-state index is 11.9. The van der Waals surface area contributed by atoms with Gasteiger partial charge in [0.15, 0.2) is 0 Å². The van der Waals surface area contributed by atoms with Crippen LogP contribution in [0.3, 0.4) is 0 Å². The van der Waals surface area contributed by atoms with Gasteiger partial charge in [-0.2, -0.15) is 0 Å². The Bertz CT molecular complexity index is 441. The van der Waals surface area contributed by atoms with Gasteiger partial charge in [0.1, 0.15) is 11.9 Å². The Morgan fingerprint density at radius 3 is 2.84 bits per heavy atom. The molecule has 0 atom stereocenters. The highest BCUT2D eigenvalue weighted by molar-refractivity contribution is 6.31. The molecule has 1 aliphatic heterocycles. The Hall–Kier alpha value is -1.26. The Balaban J connectivity index is 1.98. The molecule has 0 amide bonds. The van der Waals surface area contributed by atoms with Crippen LogP contribution >= 0.6 is 11.6 Å². The van der Waals surface area contributed by atoms with E-state index in [0.29, 0.717) is 29.5 Å². The van der Waals surface area contributed by atoms with Crippen molar-refractivity contribution in [1.29, 1.82) is 0 Å². The molecule has 1 aromatic rings. The first-order valence-electron chi connectivity index (χ1n) is 6.29. The van der Waals surface area contributed by atoms with E-state index in [4.69, 9.17) is 25.8 Å². The molecule has 0 radical (unpaired) electrons. The molecule has 1 heterocycles. The number of ether oxygens (including phenoxy) is 3. The Labute approximate surface area is 117 Å². The molecule has 0 unspecified atom stereocenters. The van der Waals surface area contributed by atoms with Crippen molar-refractivity contribution >= 4 is 17.6 Å². The summed E-state index contributed by atoms with van der Waals surface area (Å²) in [6.07, 6.45) is 1.59. The standard InChI is InChI=1S/C14H17ClO4/c1-17-13-4-2-3-12(15)11(13)9-14(16)19-10-5-7-18-8-6-10/h2-4,10H,5-9H2,1H3. The molecule has 0 bridgehead atoms. The second kappa shape index (κ2) is 6.78. The molecule has 5 heteroatoms. The highest BCUT2D eigenvalue weighted by Gasteiger charge is 2.20. The molecular weight excluding hydrogens is 268 g/mol. The van der Waals surface area contributed by atoms with E-state index in [2.05, 4.69) is 0 Å². The lowest BCUT2D eigenvalue weighted by Gasteiger charge is -2.22. The number of rotatable bonds is 4. The molecule has 104 valence electrons. The van der Waals surface area contributed by atoms with Gasteiger partial charge in [-0.25, -0.2) is 0 Å². The summed E-state index contributed by atoms with van der Waals surface area (Å²) >= 11 is 6.09. The Kier molecular flexibility index (Phi) is 5.05. The van der Waals surface area contributed by atoms with Crippen LogP contribution < -0.4 is 4.74 Å². The van der Waals surface area contributed by atoms with E-state index in [0.717, 1.165) is 12.8 Å². The van der Waals surface area contributed by atoms with Crippen molar-refractivity contribution in [2.24, 2.45) is 0 Å². The minimum absolute atomic E-state index is 0.0465. The minimum atomic E-state index is -0.279. The number of hydrogen-bond donors (Lipinski definition) is 0. The first kappa shape index (κ1) is 14.2. The third-order valence-corrected chi connectivity index (χ3v) is 3.44. The van der Waals surface area contributed by atoms with Crippen LogP contribution in [0.4, 0.5) is 0 Å². The summed E-state index contributed by atoms with van der Waals surface area (Å²) in [6.45, 7) is 1.29. The molecule has 0 aromatic heterocycles. The average Bonchev–Trinajstić information content (AvgIpc) is 2.42. The van der Waals surface area contributed by atoms with Crippen LogP contribution in [0.15, 0.2) is 18.2 Å². The number of esters is 1. The largest absolute Gasteiger partial charge is 0.496 e. The number of halogens is 1. The monoisotopic (exact) mass is 284 g/mol. The van der Waals surface area contributed by atoms with Gasteiger partial charge in [0.05, 0.1) is 26.7 Å². The second-order valence-corrected chi connectivity index (χ2v) is 4.81. The molecule has 0 saturated carbocycles. The Morgan fingerprint density at radius 1 is 1.42 bits per heavy atom. The summed E-state index contributed by atoms with van der Waals surface area (Å²) in [5, 5.41) is 0.517. The number of carbonyl (C=O) groups is 1. The minimum Gasteiger partial charge on any atom is -0.496 e. The smallest absolute Gasteiger partial charge is 0.310 e. The fraction of sp³-hybridized carbons (Fsp3) is 0.500. The van der Waals surface area contributed by atoms with E-state index in [-0.39, 0.29) is 18.5 Å². The third kappa shape index (κ3) is 3.85. The fourth-order valence-corrected chi connectivity index (χ4v) is 2.30. The lowest BCUT2D eigenvalue weighted by molar-refractivity contribution is -0.152. The van der Waals surface area contributed by atoms with Gasteiger partial charge in [0, 0.05) is 23.4 Å². The van der Waals surface area contributed by atoms with Gasteiger partial charge >= 0.3 is 5.97 Å². The molecule has 1 aromatic carbocycles. The zero-order valence-electron chi connectivity index (χ0n) is 10.9. The van der Waals surface area contributed by atoms with Crippen molar-refractivity contribution in [3.63, 3.8) is 0 Å². The van der Waals surface area contributed by atoms with E-state index < -0.39 is 0 Å². The van der Waals surface area contributed by atoms with Crippen LogP contribution in [-0.4, -0.2) is 32.4 Å². The van der Waals surface area contributed by atoms with Crippen molar-refractivity contribution in [2.75, 3.05) is 20.3 Å². The molecule has 0 N–H and O–H groups in total. The van der Waals surface area contributed by atoms with Crippen LogP contribution in [0.2, 0.25) is 5.02 Å². The first-order valence-corrected chi connectivity index (χ1v) is 6.67. The highest BCUT2D eigenvalue weighted by atomic mass is 35.5. The number of hydrogen-bond acceptors (Lipinski definition) is 4. The lowest BCUT2D eigenvalue weighted by Crippen LogP contribution is -2.26. The maximum absolute atomic E-state index is 11.9. The third-order valence-electron chi connectivity index (χ3n) is 3.08. The summed E-state index contributed by atoms with van der Waals surface area (Å²) in [4.78, 5) is 11.9. The van der Waals surface area contributed by atoms with E-state index in [1.165, 1.54) is 0 Å². The molecule has 1 aliphatic rings. The van der Waals surface area contributed by atoms with Crippen LogP contribution in [-0.2, 0) is 20.7 Å². The van der Waals surface area contributed by atoms with E-state index in [1.54, 1.807) is 25.3 Å². The molecule has 4 nitrogen and oxygen atoms in total. The van der Waals surface area contributed by atoms with E-state index in [1.807, 2.05) is 0 Å². The topological polar surface area (TPSA) is 44.8 Å². The summed E-state index contributed by atoms with van der Waals surface area (Å²) < 4.78 is 15.8. The predicted octanol–water partition coefficient (Wildman–Crippen LogP) is 2.61. The van der Waals surface area contributed by atoms with Crippen molar-refractivity contribution < 1.29 is 19.0 Å². The predicted molar refractivity (Wildman–Crippen MR) is 71.6 cm³/mol. The van der Waals surface area contributed by atoms with Crippen molar-refractivity contribution in [3.05, 3.63) is 28.8 Å². The normalized spacial score (nSPS) is 16.1. The summed E-state index contributed by atoms with van der Waals surface area (Å²) in [5.41, 5.74) is 0.670. The zero-order chi connectivity index (χ0) is 13.7. The van der Waals surface area contributed by atoms with Gasteiger partial charge in [0.2, 0.25) is 0 Å². The summed E-state index contributed by atoms with van der Waals surface area (Å²) in [7, 11) is 1.55. The molecule has 0 aliphatic carbocycles. The maximum Gasteiger partial charge on any atom is 0.310 e. The van der Waals surface area contributed by atoms with Crippen LogP contribution in [0.1, 0.15) is 18.4 Å². The van der Waals surface area contributed by atoms with Crippen molar-refractivity contribution in [2.45, 2.75) is 25.4 Å². The first-order chi connectivity index (χ1) is 9.20. The Morgan fingerprint density at radius 2 is 2.16 bits per heavy atom. The highest BCUT2D eigenvalue weighted by Crippen LogP contribution is 2.27. The molecular formula is C14H17ClO4. The van der Waals surface area contributed by atoms with E-state index in [9.17, 15) is 4.79 Å². The van der Waals surface area contributed by atoms with Gasteiger partial charge < -0.3 is 14.2 Å². The van der Waals surface area contributed by atoms with E-state index >= 15 is 0 Å². The van der Waals surface area contributed by atoms with Crippen LogP contribution in [0.5, 0.6) is 5.75 Å². The van der Waals surface area contributed by atoms with Gasteiger partial charge in [-0.15, -0.1) is 0 Å². The quantitative estimate of drug-likeness (QED) is 0.797. The van der Waals surface area contributed by atoms with Crippen molar-refractivity contribution in [3.8, 4) is 5.75 Å². The molecule has 19 heavy (non-hydrogen) atoms. The molecule has 2 rings (SSSR count). The van der Waals surface area contributed by atoms with Gasteiger partial charge in [-0.1, -0.05) is 17.7 Å². The second-order valence-electron chi connectivity index (χ2n) is 4.40. The van der Waals surface area contributed by atoms with Crippen LogP contribution in [0, 0.1) is 0 Å². The van der Waals surface area contributed by atoms with Gasteiger partial charge in [0.25, 0.3) is 0 Å². The number of methoxy groups -OCH3 is 1. The summed E-state index contributed by atoms with van der Waals surface area (Å²) in [5.74, 6) is 0.328. The molecule has 1 fully saturated rings.